The van der Waals surface area contributed by atoms with Crippen LogP contribution in [0.2, 0.25) is 0 Å². The van der Waals surface area contributed by atoms with E-state index in [-0.39, 0.29) is 0 Å². The van der Waals surface area contributed by atoms with Gasteiger partial charge in [-0.1, -0.05) is 0 Å². The molecule has 0 amide bonds. The second-order valence-electron chi connectivity index (χ2n) is 3.66. The number of hydrogen-bond acceptors (Lipinski definition) is 6. The second kappa shape index (κ2) is 3.75. The van der Waals surface area contributed by atoms with Crippen LogP contribution in [0.1, 0.15) is 24.6 Å². The third kappa shape index (κ3) is 1.99. The summed E-state index contributed by atoms with van der Waals surface area (Å²) in [5.74, 6) is 1.86. The Morgan fingerprint density at radius 2 is 2.25 bits per heavy atom. The first-order valence-corrected chi connectivity index (χ1v) is 5.80. The molecule has 0 atom stereocenters. The number of hydrogen-bond donors (Lipinski definition) is 2. The minimum absolute atomic E-state index is 0.498. The molecule has 2 aromatic heterocycles. The molecule has 0 aromatic carbocycles. The molecule has 6 nitrogen and oxygen atoms in total. The van der Waals surface area contributed by atoms with Crippen LogP contribution in [0.3, 0.4) is 0 Å². The lowest BCUT2D eigenvalue weighted by Gasteiger charge is -2.02. The lowest BCUT2D eigenvalue weighted by Crippen LogP contribution is -1.99. The summed E-state index contributed by atoms with van der Waals surface area (Å²) in [6.07, 6.45) is 3.79. The summed E-state index contributed by atoms with van der Waals surface area (Å²) in [5, 5.41) is 8.07. The third-order valence-corrected chi connectivity index (χ3v) is 3.08. The summed E-state index contributed by atoms with van der Waals surface area (Å²) in [5.41, 5.74) is 5.74. The molecule has 2 heterocycles. The van der Waals surface area contributed by atoms with Crippen LogP contribution in [-0.2, 0) is 0 Å². The van der Waals surface area contributed by atoms with Gasteiger partial charge in [-0.05, 0) is 24.6 Å². The molecule has 0 aliphatic heterocycles. The Morgan fingerprint density at radius 1 is 1.38 bits per heavy atom. The summed E-state index contributed by atoms with van der Waals surface area (Å²) in [7, 11) is 0. The summed E-state index contributed by atoms with van der Waals surface area (Å²) < 4.78 is 0. The fourth-order valence-corrected chi connectivity index (χ4v) is 2.10. The number of nitrogens with zero attached hydrogens (tertiary/aromatic N) is 4. The quantitative estimate of drug-likeness (QED) is 0.775. The van der Waals surface area contributed by atoms with Crippen molar-refractivity contribution in [1.29, 1.82) is 0 Å². The van der Waals surface area contributed by atoms with Gasteiger partial charge in [-0.3, -0.25) is 5.10 Å². The highest BCUT2D eigenvalue weighted by Gasteiger charge is 2.27. The highest BCUT2D eigenvalue weighted by molar-refractivity contribution is 7.99. The van der Waals surface area contributed by atoms with Gasteiger partial charge < -0.3 is 5.73 Å². The van der Waals surface area contributed by atoms with Crippen molar-refractivity contribution in [2.24, 2.45) is 0 Å². The Morgan fingerprint density at radius 3 is 2.94 bits per heavy atom. The van der Waals surface area contributed by atoms with E-state index in [1.54, 1.807) is 6.07 Å². The van der Waals surface area contributed by atoms with Crippen molar-refractivity contribution in [3.63, 3.8) is 0 Å². The first-order valence-electron chi connectivity index (χ1n) is 4.99. The Kier molecular flexibility index (Phi) is 2.24. The Balaban J connectivity index is 1.88. The van der Waals surface area contributed by atoms with E-state index in [0.29, 0.717) is 16.9 Å². The van der Waals surface area contributed by atoms with Crippen LogP contribution in [-0.4, -0.2) is 25.1 Å². The molecule has 0 unspecified atom stereocenters. The summed E-state index contributed by atoms with van der Waals surface area (Å²) >= 11 is 1.41. The lowest BCUT2D eigenvalue weighted by atomic mass is 10.4. The van der Waals surface area contributed by atoms with Crippen LogP contribution >= 0.6 is 11.8 Å². The molecule has 0 radical (unpaired) electrons. The largest absolute Gasteiger partial charge is 0.384 e. The average molecular weight is 234 g/mol. The average Bonchev–Trinajstić information content (AvgIpc) is 2.98. The molecule has 2 aromatic rings. The molecule has 1 aliphatic carbocycles. The van der Waals surface area contributed by atoms with Gasteiger partial charge in [0, 0.05) is 12.0 Å². The van der Waals surface area contributed by atoms with E-state index < -0.39 is 0 Å². The highest BCUT2D eigenvalue weighted by atomic mass is 32.2. The normalized spacial score (nSPS) is 15.2. The van der Waals surface area contributed by atoms with Crippen LogP contribution in [0.5, 0.6) is 0 Å². The zero-order chi connectivity index (χ0) is 11.0. The topological polar surface area (TPSA) is 93.4 Å². The minimum atomic E-state index is 0.498. The van der Waals surface area contributed by atoms with E-state index in [4.69, 9.17) is 5.73 Å². The van der Waals surface area contributed by atoms with Crippen LogP contribution in [0, 0.1) is 0 Å². The number of nitrogen functional groups attached to an aromatic ring is 1. The molecule has 3 rings (SSSR count). The van der Waals surface area contributed by atoms with Crippen LogP contribution in [0.15, 0.2) is 22.6 Å². The van der Waals surface area contributed by atoms with E-state index in [0.717, 1.165) is 23.7 Å². The van der Waals surface area contributed by atoms with Crippen molar-refractivity contribution in [3.05, 3.63) is 18.2 Å². The zero-order valence-electron chi connectivity index (χ0n) is 8.42. The Labute approximate surface area is 96.1 Å². The van der Waals surface area contributed by atoms with Gasteiger partial charge in [-0.15, -0.1) is 0 Å². The van der Waals surface area contributed by atoms with Crippen molar-refractivity contribution < 1.29 is 0 Å². The minimum Gasteiger partial charge on any atom is -0.384 e. The number of anilines is 1. The fraction of sp³-hybridized carbons (Fsp3) is 0.333. The Hall–Kier alpha value is -1.63. The van der Waals surface area contributed by atoms with Crippen LogP contribution in [0.4, 0.5) is 5.82 Å². The van der Waals surface area contributed by atoms with Gasteiger partial charge in [0.1, 0.15) is 23.0 Å². The number of nitrogens with two attached hydrogens (primary N) is 1. The maximum Gasteiger partial charge on any atom is 0.189 e. The van der Waals surface area contributed by atoms with Crippen LogP contribution in [0.25, 0.3) is 0 Å². The van der Waals surface area contributed by atoms with Gasteiger partial charge in [0.2, 0.25) is 0 Å². The molecule has 1 saturated carbocycles. The van der Waals surface area contributed by atoms with Crippen molar-refractivity contribution in [1.82, 2.24) is 25.1 Å². The van der Waals surface area contributed by atoms with Gasteiger partial charge >= 0.3 is 0 Å². The van der Waals surface area contributed by atoms with Gasteiger partial charge in [0.25, 0.3) is 0 Å². The number of aromatic nitrogens is 5. The van der Waals surface area contributed by atoms with Crippen molar-refractivity contribution >= 4 is 17.6 Å². The first kappa shape index (κ1) is 9.59. The molecule has 82 valence electrons. The number of rotatable bonds is 3. The van der Waals surface area contributed by atoms with E-state index in [1.165, 1.54) is 18.1 Å². The molecular formula is C9H10N6S. The standard InChI is InChI=1S/C9H10N6S/c10-6-3-7(16-9-11-4-12-15-9)14-8(13-6)5-1-2-5/h3-5H,1-2H2,(H2,10,13,14)(H,11,12,15). The zero-order valence-corrected chi connectivity index (χ0v) is 9.24. The molecule has 7 heteroatoms. The maximum absolute atomic E-state index is 5.74. The van der Waals surface area contributed by atoms with E-state index in [9.17, 15) is 0 Å². The highest BCUT2D eigenvalue weighted by Crippen LogP contribution is 2.39. The van der Waals surface area contributed by atoms with Crippen molar-refractivity contribution in [2.45, 2.75) is 28.9 Å². The predicted molar refractivity (Wildman–Crippen MR) is 58.9 cm³/mol. The lowest BCUT2D eigenvalue weighted by molar-refractivity contribution is 0.879. The molecule has 0 saturated heterocycles. The molecule has 3 N–H and O–H groups in total. The summed E-state index contributed by atoms with van der Waals surface area (Å²) in [6, 6.07) is 1.75. The van der Waals surface area contributed by atoms with Gasteiger partial charge in [0.05, 0.1) is 0 Å². The molecule has 0 bridgehead atoms. The summed E-state index contributed by atoms with van der Waals surface area (Å²) in [6.45, 7) is 0. The van der Waals surface area contributed by atoms with Gasteiger partial charge in [-0.25, -0.2) is 15.0 Å². The predicted octanol–water partition coefficient (Wildman–Crippen LogP) is 1.21. The van der Waals surface area contributed by atoms with Crippen LogP contribution < -0.4 is 5.73 Å². The number of nitrogens with one attached hydrogen (secondary N) is 1. The second-order valence-corrected chi connectivity index (χ2v) is 4.67. The molecular weight excluding hydrogens is 224 g/mol. The molecule has 0 spiro atoms. The smallest absolute Gasteiger partial charge is 0.189 e. The first-order chi connectivity index (χ1) is 7.81. The Bertz CT molecular complexity index is 493. The fourth-order valence-electron chi connectivity index (χ4n) is 1.38. The monoisotopic (exact) mass is 234 g/mol. The van der Waals surface area contributed by atoms with E-state index in [2.05, 4.69) is 25.1 Å². The molecule has 16 heavy (non-hydrogen) atoms. The van der Waals surface area contributed by atoms with E-state index in [1.807, 2.05) is 0 Å². The maximum atomic E-state index is 5.74. The third-order valence-electron chi connectivity index (χ3n) is 2.28. The number of H-pyrrole nitrogens is 1. The van der Waals surface area contributed by atoms with Gasteiger partial charge in [0.15, 0.2) is 5.16 Å². The SMILES string of the molecule is Nc1cc(Sc2ncn[nH]2)nc(C2CC2)n1. The molecule has 1 aliphatic rings. The van der Waals surface area contributed by atoms with Crippen molar-refractivity contribution in [2.75, 3.05) is 5.73 Å². The van der Waals surface area contributed by atoms with Gasteiger partial charge in [-0.2, -0.15) is 5.10 Å². The van der Waals surface area contributed by atoms with E-state index >= 15 is 0 Å². The number of aromatic amines is 1. The van der Waals surface area contributed by atoms with Crippen molar-refractivity contribution in [3.8, 4) is 0 Å². The molecule has 1 fully saturated rings. The summed E-state index contributed by atoms with van der Waals surface area (Å²) in [4.78, 5) is 12.7.